The molecule has 3 aromatic rings. The molecule has 0 radical (unpaired) electrons. The summed E-state index contributed by atoms with van der Waals surface area (Å²) in [7, 11) is 0. The Morgan fingerprint density at radius 1 is 1.24 bits per heavy atom. The van der Waals surface area contributed by atoms with E-state index in [9.17, 15) is 0 Å². The quantitative estimate of drug-likeness (QED) is 0.329. The summed E-state index contributed by atoms with van der Waals surface area (Å²) in [6, 6.07) is 15.5. The third kappa shape index (κ3) is 8.63. The van der Waals surface area contributed by atoms with E-state index in [1.165, 1.54) is 5.56 Å². The lowest BCUT2D eigenvalue weighted by Gasteiger charge is -2.09. The van der Waals surface area contributed by atoms with Crippen molar-refractivity contribution in [1.29, 1.82) is 0 Å². The highest BCUT2D eigenvalue weighted by atomic mass is 35.5. The third-order valence-electron chi connectivity index (χ3n) is 3.60. The lowest BCUT2D eigenvalue weighted by atomic mass is 10.1. The first-order valence-electron chi connectivity index (χ1n) is 8.38. The van der Waals surface area contributed by atoms with Crippen molar-refractivity contribution in [1.82, 2.24) is 9.55 Å². The fraction of sp³-hybridized carbons (Fsp3) is 0.158. The molecule has 0 aliphatic carbocycles. The molecule has 10 heteroatoms. The van der Waals surface area contributed by atoms with Crippen LogP contribution in [-0.4, -0.2) is 25.6 Å². The van der Waals surface area contributed by atoms with E-state index in [-0.39, 0.29) is 6.61 Å². The van der Waals surface area contributed by atoms with Crippen LogP contribution in [0.4, 0.5) is 0 Å². The largest absolute Gasteiger partial charge is 0.391 e. The van der Waals surface area contributed by atoms with Crippen molar-refractivity contribution >= 4 is 28.9 Å². The summed E-state index contributed by atoms with van der Waals surface area (Å²) in [5.74, 6) is 0. The molecule has 1 heterocycles. The Bertz CT molecular complexity index is 931. The van der Waals surface area contributed by atoms with E-state index in [4.69, 9.17) is 43.4 Å². The molecule has 0 spiro atoms. The molecule has 0 unspecified atom stereocenters. The molecular weight excluding hydrogens is 419 g/mol. The molecule has 8 nitrogen and oxygen atoms in total. The first-order chi connectivity index (χ1) is 13.9. The van der Waals surface area contributed by atoms with Gasteiger partial charge in [-0.25, -0.2) is 4.98 Å². The molecule has 1 aromatic heterocycles. The summed E-state index contributed by atoms with van der Waals surface area (Å²) in [6.45, 7) is 0.904. The van der Waals surface area contributed by atoms with Crippen LogP contribution in [0.15, 0.2) is 72.4 Å². The average Bonchev–Trinajstić information content (AvgIpc) is 3.17. The predicted molar refractivity (Wildman–Crippen MR) is 110 cm³/mol. The van der Waals surface area contributed by atoms with E-state index in [0.717, 1.165) is 11.3 Å². The highest BCUT2D eigenvalue weighted by Crippen LogP contribution is 2.21. The van der Waals surface area contributed by atoms with E-state index in [1.807, 2.05) is 35.0 Å². The number of imidazole rings is 1. The maximum Gasteiger partial charge on any atom is 0.291 e. The van der Waals surface area contributed by atoms with Gasteiger partial charge in [0, 0.05) is 34.4 Å². The van der Waals surface area contributed by atoms with Gasteiger partial charge in [-0.1, -0.05) is 64.8 Å². The van der Waals surface area contributed by atoms with Crippen LogP contribution in [0.5, 0.6) is 0 Å². The molecule has 1 N–H and O–H groups in total. The van der Waals surface area contributed by atoms with Crippen molar-refractivity contribution in [3.05, 3.63) is 98.5 Å². The molecular formula is C19H18Cl2N4O4. The smallest absolute Gasteiger partial charge is 0.291 e. The van der Waals surface area contributed by atoms with Gasteiger partial charge in [-0.05, 0) is 17.7 Å². The molecule has 2 aromatic carbocycles. The Morgan fingerprint density at radius 2 is 1.97 bits per heavy atom. The molecule has 0 atom stereocenters. The molecule has 3 rings (SSSR count). The van der Waals surface area contributed by atoms with E-state index in [2.05, 4.69) is 22.3 Å². The second-order valence-electron chi connectivity index (χ2n) is 5.80. The summed E-state index contributed by atoms with van der Waals surface area (Å²) >= 11 is 12.1. The monoisotopic (exact) mass is 436 g/mol. The van der Waals surface area contributed by atoms with Crippen molar-refractivity contribution in [2.75, 3.05) is 0 Å². The maximum atomic E-state index is 8.36. The Labute approximate surface area is 177 Å². The highest BCUT2D eigenvalue weighted by Gasteiger charge is 2.06. The number of halogens is 2. The summed E-state index contributed by atoms with van der Waals surface area (Å²) in [5, 5.41) is 19.1. The molecule has 0 saturated heterocycles. The summed E-state index contributed by atoms with van der Waals surface area (Å²) < 4.78 is 1.96. The SMILES string of the molecule is Clc1ccc(CON=C(Cc2ccccc2)Cn2ccnc2)c(Cl)c1.O=[N+]([O-])O. The zero-order valence-corrected chi connectivity index (χ0v) is 16.7. The number of benzene rings is 2. The highest BCUT2D eigenvalue weighted by molar-refractivity contribution is 6.35. The van der Waals surface area contributed by atoms with E-state index >= 15 is 0 Å². The summed E-state index contributed by atoms with van der Waals surface area (Å²) in [5.41, 5.74) is 2.92. The minimum atomic E-state index is -1.50. The zero-order valence-electron chi connectivity index (χ0n) is 15.2. The second kappa shape index (κ2) is 11.7. The fourth-order valence-corrected chi connectivity index (χ4v) is 2.83. The number of nitrogens with zero attached hydrogens (tertiary/aromatic N) is 4. The van der Waals surface area contributed by atoms with E-state index < -0.39 is 5.09 Å². The summed E-state index contributed by atoms with van der Waals surface area (Å²) in [6.07, 6.45) is 6.11. The summed E-state index contributed by atoms with van der Waals surface area (Å²) in [4.78, 5) is 18.0. The van der Waals surface area contributed by atoms with Gasteiger partial charge in [-0.2, -0.15) is 0 Å². The van der Waals surface area contributed by atoms with Gasteiger partial charge in [0.25, 0.3) is 5.09 Å². The number of aromatic nitrogens is 2. The van der Waals surface area contributed by atoms with E-state index in [0.29, 0.717) is 23.0 Å². The van der Waals surface area contributed by atoms with Crippen LogP contribution in [0.25, 0.3) is 0 Å². The molecule has 29 heavy (non-hydrogen) atoms. The van der Waals surface area contributed by atoms with Crippen LogP contribution in [0.3, 0.4) is 0 Å². The minimum absolute atomic E-state index is 0.290. The third-order valence-corrected chi connectivity index (χ3v) is 4.19. The van der Waals surface area contributed by atoms with Crippen LogP contribution >= 0.6 is 23.2 Å². The molecule has 0 aliphatic rings. The Morgan fingerprint density at radius 3 is 2.59 bits per heavy atom. The number of hydrogen-bond donors (Lipinski definition) is 1. The lowest BCUT2D eigenvalue weighted by Crippen LogP contribution is -2.12. The van der Waals surface area contributed by atoms with Gasteiger partial charge >= 0.3 is 0 Å². The molecule has 0 amide bonds. The number of rotatable bonds is 7. The van der Waals surface area contributed by atoms with Crippen molar-refractivity contribution in [2.45, 2.75) is 19.6 Å². The Kier molecular flexibility index (Phi) is 8.94. The topological polar surface area (TPSA) is 103 Å². The van der Waals surface area contributed by atoms with Crippen molar-refractivity contribution < 1.29 is 15.1 Å². The van der Waals surface area contributed by atoms with Gasteiger partial charge in [-0.3, -0.25) is 0 Å². The van der Waals surface area contributed by atoms with Crippen LogP contribution in [-0.2, 0) is 24.4 Å². The molecule has 0 saturated carbocycles. The van der Waals surface area contributed by atoms with E-state index in [1.54, 1.807) is 24.7 Å². The lowest BCUT2D eigenvalue weighted by molar-refractivity contribution is -0.742. The Balaban J connectivity index is 0.000000687. The van der Waals surface area contributed by atoms with Crippen LogP contribution in [0, 0.1) is 10.1 Å². The molecule has 0 bridgehead atoms. The number of hydrogen-bond acceptors (Lipinski definition) is 5. The normalized spacial score (nSPS) is 10.8. The first kappa shape index (κ1) is 22.2. The predicted octanol–water partition coefficient (Wildman–Crippen LogP) is 4.66. The van der Waals surface area contributed by atoms with Gasteiger partial charge in [0.15, 0.2) is 0 Å². The fourth-order valence-electron chi connectivity index (χ4n) is 2.37. The minimum Gasteiger partial charge on any atom is -0.391 e. The van der Waals surface area contributed by atoms with Crippen LogP contribution in [0.1, 0.15) is 11.1 Å². The van der Waals surface area contributed by atoms with Gasteiger partial charge in [0.1, 0.15) is 6.61 Å². The Hall–Kier alpha value is -3.10. The maximum absolute atomic E-state index is 8.36. The standard InChI is InChI=1S/C19H17Cl2N3O.HNO3/c20-17-7-6-16(19(21)11-17)13-25-23-18(12-24-9-8-22-14-24)10-15-4-2-1-3-5-15;2-1(3)4/h1-9,11,14H,10,12-13H2;(H,2,3,4). The van der Waals surface area contributed by atoms with Gasteiger partial charge in [0.05, 0.1) is 18.6 Å². The molecule has 152 valence electrons. The van der Waals surface area contributed by atoms with Crippen molar-refractivity contribution in [3.8, 4) is 0 Å². The van der Waals surface area contributed by atoms with Gasteiger partial charge < -0.3 is 14.6 Å². The molecule has 0 fully saturated rings. The van der Waals surface area contributed by atoms with Gasteiger partial charge in [0.2, 0.25) is 0 Å². The van der Waals surface area contributed by atoms with Crippen molar-refractivity contribution in [3.63, 3.8) is 0 Å². The van der Waals surface area contributed by atoms with Crippen LogP contribution < -0.4 is 0 Å². The number of oxime groups is 1. The average molecular weight is 437 g/mol. The first-order valence-corrected chi connectivity index (χ1v) is 9.14. The second-order valence-corrected chi connectivity index (χ2v) is 6.65. The van der Waals surface area contributed by atoms with Crippen molar-refractivity contribution in [2.24, 2.45) is 5.16 Å². The molecule has 0 aliphatic heterocycles. The van der Waals surface area contributed by atoms with Gasteiger partial charge in [-0.15, -0.1) is 10.1 Å². The zero-order chi connectivity index (χ0) is 21.1. The van der Waals surface area contributed by atoms with Crippen LogP contribution in [0.2, 0.25) is 10.0 Å².